The monoisotopic (exact) mass is 323 g/mol. The van der Waals surface area contributed by atoms with Crippen LogP contribution in [-0.4, -0.2) is 16.4 Å². The lowest BCUT2D eigenvalue weighted by Crippen LogP contribution is -2.35. The summed E-state index contributed by atoms with van der Waals surface area (Å²) < 4.78 is 0.592. The Labute approximate surface area is 107 Å². The molecular formula is C12H22INO. The zero-order chi connectivity index (χ0) is 10.9. The van der Waals surface area contributed by atoms with E-state index in [1.165, 1.54) is 57.8 Å². The lowest BCUT2D eigenvalue weighted by molar-refractivity contribution is -0.119. The molecule has 0 unspecified atom stereocenters. The van der Waals surface area contributed by atoms with Crippen molar-refractivity contribution in [3.05, 3.63) is 0 Å². The van der Waals surface area contributed by atoms with E-state index >= 15 is 0 Å². The van der Waals surface area contributed by atoms with Gasteiger partial charge in [0.15, 0.2) is 0 Å². The normalized spacial score (nSPS) is 20.9. The maximum absolute atomic E-state index is 11.3. The van der Waals surface area contributed by atoms with Crippen LogP contribution in [0.1, 0.15) is 57.8 Å². The van der Waals surface area contributed by atoms with Crippen LogP contribution < -0.4 is 5.32 Å². The number of hydrogen-bond donors (Lipinski definition) is 1. The standard InChI is InChI=1S/C12H22INO/c13-10-12(15)14-11-8-6-4-2-1-3-5-7-9-11/h11H,1-10H2,(H,14,15). The molecule has 15 heavy (non-hydrogen) atoms. The van der Waals surface area contributed by atoms with Crippen LogP contribution in [0.15, 0.2) is 0 Å². The maximum Gasteiger partial charge on any atom is 0.230 e. The first-order chi connectivity index (χ1) is 7.33. The highest BCUT2D eigenvalue weighted by atomic mass is 127. The molecule has 0 bridgehead atoms. The van der Waals surface area contributed by atoms with E-state index in [1.807, 2.05) is 0 Å². The summed E-state index contributed by atoms with van der Waals surface area (Å²) in [6, 6.07) is 0.449. The molecule has 0 saturated heterocycles. The van der Waals surface area contributed by atoms with Gasteiger partial charge in [-0.25, -0.2) is 0 Å². The van der Waals surface area contributed by atoms with Crippen LogP contribution in [0.25, 0.3) is 0 Å². The Morgan fingerprint density at radius 3 is 1.93 bits per heavy atom. The first kappa shape index (κ1) is 13.3. The van der Waals surface area contributed by atoms with E-state index in [-0.39, 0.29) is 5.91 Å². The Hall–Kier alpha value is 0.200. The molecule has 1 amide bonds. The smallest absolute Gasteiger partial charge is 0.230 e. The number of nitrogens with one attached hydrogen (secondary N) is 1. The van der Waals surface area contributed by atoms with Gasteiger partial charge in [0.25, 0.3) is 0 Å². The zero-order valence-electron chi connectivity index (χ0n) is 9.43. The number of halogens is 1. The summed E-state index contributed by atoms with van der Waals surface area (Å²) in [4.78, 5) is 11.3. The predicted molar refractivity (Wildman–Crippen MR) is 72.4 cm³/mol. The largest absolute Gasteiger partial charge is 0.353 e. The van der Waals surface area contributed by atoms with Gasteiger partial charge < -0.3 is 5.32 Å². The van der Waals surface area contributed by atoms with Crippen LogP contribution >= 0.6 is 22.6 Å². The van der Waals surface area contributed by atoms with E-state index in [0.29, 0.717) is 10.5 Å². The molecule has 1 rings (SSSR count). The summed E-state index contributed by atoms with van der Waals surface area (Å²) in [5.74, 6) is 0.206. The number of amides is 1. The van der Waals surface area contributed by atoms with Gasteiger partial charge in [-0.2, -0.15) is 0 Å². The van der Waals surface area contributed by atoms with E-state index in [1.54, 1.807) is 0 Å². The second kappa shape index (κ2) is 8.36. The molecule has 0 atom stereocenters. The summed E-state index contributed by atoms with van der Waals surface area (Å²) >= 11 is 2.13. The van der Waals surface area contributed by atoms with Crippen LogP contribution in [0.4, 0.5) is 0 Å². The van der Waals surface area contributed by atoms with E-state index in [4.69, 9.17) is 0 Å². The summed E-state index contributed by atoms with van der Waals surface area (Å²) in [5.41, 5.74) is 0. The lowest BCUT2D eigenvalue weighted by Gasteiger charge is -2.19. The minimum absolute atomic E-state index is 0.206. The molecule has 0 aromatic heterocycles. The van der Waals surface area contributed by atoms with Crippen molar-refractivity contribution in [1.29, 1.82) is 0 Å². The number of rotatable bonds is 2. The second-order valence-electron chi connectivity index (χ2n) is 4.45. The van der Waals surface area contributed by atoms with Crippen molar-refractivity contribution >= 4 is 28.5 Å². The molecule has 1 aliphatic carbocycles. The zero-order valence-corrected chi connectivity index (χ0v) is 11.6. The molecule has 1 N–H and O–H groups in total. The molecule has 0 aromatic carbocycles. The van der Waals surface area contributed by atoms with Crippen molar-refractivity contribution < 1.29 is 4.79 Å². The SMILES string of the molecule is O=C(CI)NC1CCCCCCCCC1. The van der Waals surface area contributed by atoms with Crippen LogP contribution in [0.3, 0.4) is 0 Å². The summed E-state index contributed by atoms with van der Waals surface area (Å²) in [6.07, 6.45) is 11.8. The molecule has 1 saturated carbocycles. The van der Waals surface area contributed by atoms with Crippen molar-refractivity contribution in [2.24, 2.45) is 0 Å². The van der Waals surface area contributed by atoms with Crippen LogP contribution in [0.5, 0.6) is 0 Å². The van der Waals surface area contributed by atoms with E-state index in [2.05, 4.69) is 27.9 Å². The highest BCUT2D eigenvalue weighted by Gasteiger charge is 2.11. The third kappa shape index (κ3) is 6.38. The predicted octanol–water partition coefficient (Wildman–Crippen LogP) is 3.43. The van der Waals surface area contributed by atoms with Crippen LogP contribution in [-0.2, 0) is 4.79 Å². The number of carbonyl (C=O) groups excluding carboxylic acids is 1. The Morgan fingerprint density at radius 2 is 1.47 bits per heavy atom. The molecule has 0 radical (unpaired) electrons. The van der Waals surface area contributed by atoms with E-state index in [0.717, 1.165) is 0 Å². The molecule has 88 valence electrons. The van der Waals surface area contributed by atoms with Gasteiger partial charge in [-0.05, 0) is 12.8 Å². The summed E-state index contributed by atoms with van der Waals surface area (Å²) in [7, 11) is 0. The molecule has 0 heterocycles. The van der Waals surface area contributed by atoms with Gasteiger partial charge in [-0.1, -0.05) is 67.5 Å². The molecule has 0 aliphatic heterocycles. The number of hydrogen-bond acceptors (Lipinski definition) is 1. The Bertz CT molecular complexity index is 174. The van der Waals surface area contributed by atoms with Crippen molar-refractivity contribution in [1.82, 2.24) is 5.32 Å². The van der Waals surface area contributed by atoms with Crippen LogP contribution in [0, 0.1) is 0 Å². The topological polar surface area (TPSA) is 29.1 Å². The van der Waals surface area contributed by atoms with Crippen molar-refractivity contribution in [3.8, 4) is 0 Å². The van der Waals surface area contributed by atoms with Crippen molar-refractivity contribution in [2.75, 3.05) is 4.43 Å². The minimum atomic E-state index is 0.206. The Morgan fingerprint density at radius 1 is 1.00 bits per heavy atom. The highest BCUT2D eigenvalue weighted by molar-refractivity contribution is 14.1. The maximum atomic E-state index is 11.3. The molecular weight excluding hydrogens is 301 g/mol. The van der Waals surface area contributed by atoms with Crippen molar-refractivity contribution in [2.45, 2.75) is 63.8 Å². The highest BCUT2D eigenvalue weighted by Crippen LogP contribution is 2.16. The van der Waals surface area contributed by atoms with Gasteiger partial charge in [0.1, 0.15) is 0 Å². The quantitative estimate of drug-likeness (QED) is 0.612. The average Bonchev–Trinajstić information content (AvgIpc) is 2.27. The van der Waals surface area contributed by atoms with Gasteiger partial charge in [0.05, 0.1) is 4.43 Å². The first-order valence-corrected chi connectivity index (χ1v) is 7.71. The van der Waals surface area contributed by atoms with Gasteiger partial charge in [0, 0.05) is 6.04 Å². The third-order valence-electron chi connectivity index (χ3n) is 3.09. The first-order valence-electron chi connectivity index (χ1n) is 6.18. The summed E-state index contributed by atoms with van der Waals surface area (Å²) in [5, 5.41) is 3.14. The second-order valence-corrected chi connectivity index (χ2v) is 5.21. The van der Waals surface area contributed by atoms with E-state index in [9.17, 15) is 4.79 Å². The number of alkyl halides is 1. The van der Waals surface area contributed by atoms with Gasteiger partial charge >= 0.3 is 0 Å². The van der Waals surface area contributed by atoms with Crippen molar-refractivity contribution in [3.63, 3.8) is 0 Å². The Balaban J connectivity index is 2.28. The molecule has 0 aromatic rings. The molecule has 2 nitrogen and oxygen atoms in total. The molecule has 1 fully saturated rings. The fourth-order valence-corrected chi connectivity index (χ4v) is 2.44. The molecule has 0 spiro atoms. The lowest BCUT2D eigenvalue weighted by atomic mass is 9.97. The van der Waals surface area contributed by atoms with Gasteiger partial charge in [-0.3, -0.25) is 4.79 Å². The third-order valence-corrected chi connectivity index (χ3v) is 3.78. The Kier molecular flexibility index (Phi) is 7.40. The minimum Gasteiger partial charge on any atom is -0.353 e. The fraction of sp³-hybridized carbons (Fsp3) is 0.917. The van der Waals surface area contributed by atoms with Gasteiger partial charge in [0.2, 0.25) is 5.91 Å². The van der Waals surface area contributed by atoms with E-state index < -0.39 is 0 Å². The fourth-order valence-electron chi connectivity index (χ4n) is 2.22. The molecule has 3 heteroatoms. The average molecular weight is 323 g/mol. The molecule has 1 aliphatic rings. The van der Waals surface area contributed by atoms with Crippen LogP contribution in [0.2, 0.25) is 0 Å². The summed E-state index contributed by atoms with van der Waals surface area (Å²) in [6.45, 7) is 0. The van der Waals surface area contributed by atoms with Gasteiger partial charge in [-0.15, -0.1) is 0 Å². The number of carbonyl (C=O) groups is 1.